The Morgan fingerprint density at radius 2 is 2.00 bits per heavy atom. The van der Waals surface area contributed by atoms with E-state index in [-0.39, 0.29) is 11.7 Å². The molecule has 148 valence electrons. The van der Waals surface area contributed by atoms with Gasteiger partial charge in [0, 0.05) is 31.8 Å². The molecule has 3 heterocycles. The predicted octanol–water partition coefficient (Wildman–Crippen LogP) is 3.95. The first kappa shape index (κ1) is 18.7. The van der Waals surface area contributed by atoms with Crippen LogP contribution in [0.25, 0.3) is 11.1 Å². The summed E-state index contributed by atoms with van der Waals surface area (Å²) < 4.78 is 21.2. The molecule has 6 heteroatoms. The third kappa shape index (κ3) is 4.12. The van der Waals surface area contributed by atoms with Crippen molar-refractivity contribution in [3.8, 4) is 0 Å². The van der Waals surface area contributed by atoms with Crippen LogP contribution >= 0.6 is 0 Å². The maximum absolute atomic E-state index is 13.6. The molecule has 1 saturated heterocycles. The molecule has 1 aromatic carbocycles. The Morgan fingerprint density at radius 1 is 1.18 bits per heavy atom. The number of halogens is 1. The van der Waals surface area contributed by atoms with Gasteiger partial charge < -0.3 is 19.2 Å². The van der Waals surface area contributed by atoms with Gasteiger partial charge in [-0.25, -0.2) is 4.39 Å². The smallest absolute Gasteiger partial charge is 0.268 e. The second kappa shape index (κ2) is 8.19. The SMILES string of the molecule is Cc1cc2c(cc(C(=O)NCCN3CCCCC3)n2Cc2cccc(F)c2)o1. The molecule has 0 radical (unpaired) electrons. The van der Waals surface area contributed by atoms with E-state index in [9.17, 15) is 9.18 Å². The molecule has 1 N–H and O–H groups in total. The van der Waals surface area contributed by atoms with Crippen molar-refractivity contribution < 1.29 is 13.6 Å². The van der Waals surface area contributed by atoms with Crippen LogP contribution in [-0.2, 0) is 6.54 Å². The second-order valence-electron chi connectivity index (χ2n) is 7.51. The minimum atomic E-state index is -0.281. The van der Waals surface area contributed by atoms with Gasteiger partial charge in [-0.2, -0.15) is 0 Å². The van der Waals surface area contributed by atoms with E-state index in [0.717, 1.165) is 36.5 Å². The van der Waals surface area contributed by atoms with E-state index in [1.165, 1.54) is 31.4 Å². The van der Waals surface area contributed by atoms with Crippen molar-refractivity contribution in [3.05, 3.63) is 59.2 Å². The molecule has 0 unspecified atom stereocenters. The predicted molar refractivity (Wildman–Crippen MR) is 107 cm³/mol. The summed E-state index contributed by atoms with van der Waals surface area (Å²) in [5.41, 5.74) is 2.87. The summed E-state index contributed by atoms with van der Waals surface area (Å²) in [5, 5.41) is 3.03. The van der Waals surface area contributed by atoms with Gasteiger partial charge in [0.25, 0.3) is 5.91 Å². The molecule has 5 nitrogen and oxygen atoms in total. The number of rotatable bonds is 6. The lowest BCUT2D eigenvalue weighted by atomic mass is 10.1. The Labute approximate surface area is 164 Å². The lowest BCUT2D eigenvalue weighted by Gasteiger charge is -2.26. The van der Waals surface area contributed by atoms with Gasteiger partial charge >= 0.3 is 0 Å². The van der Waals surface area contributed by atoms with E-state index in [2.05, 4.69) is 10.2 Å². The van der Waals surface area contributed by atoms with Crippen molar-refractivity contribution in [3.63, 3.8) is 0 Å². The molecular formula is C22H26FN3O2. The first-order valence-corrected chi connectivity index (χ1v) is 9.95. The highest BCUT2D eigenvalue weighted by atomic mass is 19.1. The molecular weight excluding hydrogens is 357 g/mol. The fourth-order valence-corrected chi connectivity index (χ4v) is 3.94. The number of hydrogen-bond acceptors (Lipinski definition) is 3. The van der Waals surface area contributed by atoms with Crippen LogP contribution in [0.15, 0.2) is 40.8 Å². The van der Waals surface area contributed by atoms with Gasteiger partial charge in [-0.05, 0) is 50.6 Å². The van der Waals surface area contributed by atoms with E-state index >= 15 is 0 Å². The summed E-state index contributed by atoms with van der Waals surface area (Å²) in [7, 11) is 0. The minimum Gasteiger partial charge on any atom is -0.460 e. The molecule has 3 aromatic rings. The third-order valence-corrected chi connectivity index (χ3v) is 5.34. The Kier molecular flexibility index (Phi) is 5.48. The normalized spacial score (nSPS) is 15.2. The molecule has 0 bridgehead atoms. The van der Waals surface area contributed by atoms with Gasteiger partial charge in [0.05, 0.1) is 5.52 Å². The lowest BCUT2D eigenvalue weighted by molar-refractivity contribution is 0.0938. The van der Waals surface area contributed by atoms with E-state index in [1.54, 1.807) is 12.1 Å². The average molecular weight is 383 g/mol. The van der Waals surface area contributed by atoms with Gasteiger partial charge in [0.2, 0.25) is 0 Å². The number of likely N-dealkylation sites (tertiary alicyclic amines) is 1. The van der Waals surface area contributed by atoms with E-state index < -0.39 is 0 Å². The number of carbonyl (C=O) groups is 1. The monoisotopic (exact) mass is 383 g/mol. The standard InChI is InChI=1S/C22H26FN3O2/c1-16-12-19-21(28-16)14-20(26(19)15-17-6-5-7-18(23)13-17)22(27)24-8-11-25-9-3-2-4-10-25/h5-7,12-14H,2-4,8-11,15H2,1H3,(H,24,27). The Morgan fingerprint density at radius 3 is 2.79 bits per heavy atom. The first-order valence-electron chi connectivity index (χ1n) is 9.95. The molecule has 1 amide bonds. The molecule has 2 aromatic heterocycles. The van der Waals surface area contributed by atoms with Crippen LogP contribution in [0.1, 0.15) is 41.1 Å². The quantitative estimate of drug-likeness (QED) is 0.701. The molecule has 0 saturated carbocycles. The summed E-state index contributed by atoms with van der Waals surface area (Å²) in [6.07, 6.45) is 3.77. The number of nitrogens with one attached hydrogen (secondary N) is 1. The highest BCUT2D eigenvalue weighted by Gasteiger charge is 2.19. The van der Waals surface area contributed by atoms with Crippen molar-refractivity contribution >= 4 is 17.0 Å². The van der Waals surface area contributed by atoms with Crippen LogP contribution in [0.5, 0.6) is 0 Å². The zero-order chi connectivity index (χ0) is 19.5. The van der Waals surface area contributed by atoms with Crippen molar-refractivity contribution in [1.29, 1.82) is 0 Å². The van der Waals surface area contributed by atoms with Crippen LogP contribution < -0.4 is 5.32 Å². The van der Waals surface area contributed by atoms with E-state index in [0.29, 0.717) is 24.4 Å². The number of hydrogen-bond donors (Lipinski definition) is 1. The zero-order valence-corrected chi connectivity index (χ0v) is 16.2. The highest BCUT2D eigenvalue weighted by molar-refractivity contribution is 5.97. The molecule has 1 aliphatic rings. The van der Waals surface area contributed by atoms with Crippen LogP contribution in [0.2, 0.25) is 0 Å². The zero-order valence-electron chi connectivity index (χ0n) is 16.2. The minimum absolute atomic E-state index is 0.127. The van der Waals surface area contributed by atoms with Crippen LogP contribution in [0.4, 0.5) is 4.39 Å². The van der Waals surface area contributed by atoms with Crippen molar-refractivity contribution in [2.75, 3.05) is 26.2 Å². The number of piperidine rings is 1. The molecule has 1 aliphatic heterocycles. The van der Waals surface area contributed by atoms with Gasteiger partial charge in [-0.15, -0.1) is 0 Å². The fourth-order valence-electron chi connectivity index (χ4n) is 3.94. The summed E-state index contributed by atoms with van der Waals surface area (Å²) in [4.78, 5) is 15.2. The molecule has 4 rings (SSSR count). The number of carbonyl (C=O) groups excluding carboxylic acids is 1. The summed E-state index contributed by atoms with van der Waals surface area (Å²) >= 11 is 0. The average Bonchev–Trinajstić information content (AvgIpc) is 3.20. The van der Waals surface area contributed by atoms with Gasteiger partial charge in [-0.1, -0.05) is 18.6 Å². The van der Waals surface area contributed by atoms with Crippen molar-refractivity contribution in [2.24, 2.45) is 0 Å². The van der Waals surface area contributed by atoms with Gasteiger partial charge in [0.1, 0.15) is 17.3 Å². The van der Waals surface area contributed by atoms with Crippen molar-refractivity contribution in [2.45, 2.75) is 32.7 Å². The van der Waals surface area contributed by atoms with E-state index in [4.69, 9.17) is 4.42 Å². The molecule has 0 aliphatic carbocycles. The summed E-state index contributed by atoms with van der Waals surface area (Å²) in [6, 6.07) is 10.2. The van der Waals surface area contributed by atoms with E-state index in [1.807, 2.05) is 23.6 Å². The maximum Gasteiger partial charge on any atom is 0.268 e. The Bertz CT molecular complexity index is 969. The maximum atomic E-state index is 13.6. The molecule has 28 heavy (non-hydrogen) atoms. The summed E-state index contributed by atoms with van der Waals surface area (Å²) in [6.45, 7) is 5.99. The third-order valence-electron chi connectivity index (χ3n) is 5.34. The number of furan rings is 1. The number of fused-ring (bicyclic) bond motifs is 1. The van der Waals surface area contributed by atoms with Gasteiger partial charge in [0.15, 0.2) is 5.58 Å². The number of nitrogens with zero attached hydrogens (tertiary/aromatic N) is 2. The lowest BCUT2D eigenvalue weighted by Crippen LogP contribution is -2.38. The second-order valence-corrected chi connectivity index (χ2v) is 7.51. The number of aryl methyl sites for hydroxylation is 1. The van der Waals surface area contributed by atoms with Crippen LogP contribution in [0.3, 0.4) is 0 Å². The number of amides is 1. The summed E-state index contributed by atoms with van der Waals surface area (Å²) in [5.74, 6) is 0.379. The van der Waals surface area contributed by atoms with Crippen LogP contribution in [0, 0.1) is 12.7 Å². The highest BCUT2D eigenvalue weighted by Crippen LogP contribution is 2.25. The molecule has 0 atom stereocenters. The number of benzene rings is 1. The fraction of sp³-hybridized carbons (Fsp3) is 0.409. The molecule has 0 spiro atoms. The molecule has 1 fully saturated rings. The van der Waals surface area contributed by atoms with Gasteiger partial charge in [-0.3, -0.25) is 4.79 Å². The topological polar surface area (TPSA) is 50.4 Å². The Hall–Kier alpha value is -2.60. The Balaban J connectivity index is 1.52. The van der Waals surface area contributed by atoms with Crippen molar-refractivity contribution in [1.82, 2.24) is 14.8 Å². The number of aromatic nitrogens is 1. The first-order chi connectivity index (χ1) is 13.6. The largest absolute Gasteiger partial charge is 0.460 e. The van der Waals surface area contributed by atoms with Crippen LogP contribution in [-0.4, -0.2) is 41.6 Å².